The Morgan fingerprint density at radius 2 is 2.17 bits per heavy atom. The van der Waals surface area contributed by atoms with E-state index in [1.807, 2.05) is 0 Å². The van der Waals surface area contributed by atoms with Crippen molar-refractivity contribution in [3.05, 3.63) is 48.7 Å². The van der Waals surface area contributed by atoms with Gasteiger partial charge in [-0.2, -0.15) is 10.2 Å². The van der Waals surface area contributed by atoms with Gasteiger partial charge in [-0.05, 0) is 19.1 Å². The van der Waals surface area contributed by atoms with Crippen molar-refractivity contribution in [1.29, 1.82) is 0 Å². The van der Waals surface area contributed by atoms with Gasteiger partial charge in [0.15, 0.2) is 28.9 Å². The summed E-state index contributed by atoms with van der Waals surface area (Å²) in [5, 5.41) is 28.5. The summed E-state index contributed by atoms with van der Waals surface area (Å²) < 4.78 is 26.4. The van der Waals surface area contributed by atoms with Gasteiger partial charge in [-0.3, -0.25) is 14.5 Å². The molecule has 0 aliphatic carbocycles. The molecule has 4 N–H and O–H groups in total. The molecule has 0 bridgehead atoms. The van der Waals surface area contributed by atoms with E-state index in [9.17, 15) is 19.1 Å². The van der Waals surface area contributed by atoms with Crippen LogP contribution in [-0.4, -0.2) is 66.9 Å². The van der Waals surface area contributed by atoms with Crippen LogP contribution >= 0.6 is 0 Å². The van der Waals surface area contributed by atoms with Crippen molar-refractivity contribution in [3.8, 4) is 5.69 Å². The molecule has 180 valence electrons. The fourth-order valence-electron chi connectivity index (χ4n) is 3.79. The molecule has 5 rings (SSSR count). The van der Waals surface area contributed by atoms with Crippen LogP contribution in [0.1, 0.15) is 6.92 Å². The summed E-state index contributed by atoms with van der Waals surface area (Å²) in [5.41, 5.74) is 4.25. The van der Waals surface area contributed by atoms with E-state index in [-0.39, 0.29) is 35.6 Å². The van der Waals surface area contributed by atoms with Crippen LogP contribution in [0.15, 0.2) is 47.4 Å². The first-order valence-electron chi connectivity index (χ1n) is 10.4. The first-order valence-corrected chi connectivity index (χ1v) is 10.4. The smallest absolute Gasteiger partial charge is 0.263 e. The van der Waals surface area contributed by atoms with Crippen molar-refractivity contribution >= 4 is 40.1 Å². The van der Waals surface area contributed by atoms with Crippen LogP contribution in [0.2, 0.25) is 0 Å². The molecule has 35 heavy (non-hydrogen) atoms. The fourth-order valence-corrected chi connectivity index (χ4v) is 3.79. The summed E-state index contributed by atoms with van der Waals surface area (Å²) in [6, 6.07) is 5.60. The van der Waals surface area contributed by atoms with Crippen LogP contribution in [0, 0.1) is 5.82 Å². The summed E-state index contributed by atoms with van der Waals surface area (Å²) in [4.78, 5) is 27.4. The Balaban J connectivity index is 1.35. The van der Waals surface area contributed by atoms with Gasteiger partial charge < -0.3 is 25.4 Å². The quantitative estimate of drug-likeness (QED) is 0.366. The van der Waals surface area contributed by atoms with Crippen LogP contribution in [0.5, 0.6) is 0 Å². The lowest BCUT2D eigenvalue weighted by Crippen LogP contribution is -2.63. The number of rotatable bonds is 5. The second-order valence-corrected chi connectivity index (χ2v) is 7.92. The number of fused-ring (bicyclic) bond motifs is 1. The molecule has 0 saturated carbocycles. The number of aliphatic hydroxyl groups is 1. The maximum absolute atomic E-state index is 14.4. The third kappa shape index (κ3) is 3.83. The van der Waals surface area contributed by atoms with Gasteiger partial charge in [0.1, 0.15) is 11.2 Å². The molecule has 2 amide bonds. The molecule has 2 atom stereocenters. The average Bonchev–Trinajstić information content (AvgIpc) is 3.48. The van der Waals surface area contributed by atoms with Crippen LogP contribution in [0.3, 0.4) is 0 Å². The number of hydrogen-bond donors (Lipinski definition) is 3. The Kier molecular flexibility index (Phi) is 5.37. The third-order valence-corrected chi connectivity index (χ3v) is 5.66. The second-order valence-electron chi connectivity index (χ2n) is 7.92. The van der Waals surface area contributed by atoms with Gasteiger partial charge in [0.25, 0.3) is 11.8 Å². The zero-order valence-electron chi connectivity index (χ0n) is 18.3. The predicted octanol–water partition coefficient (Wildman–Crippen LogP) is 0.646. The molecule has 2 unspecified atom stereocenters. The monoisotopic (exact) mass is 482 g/mol. The Hall–Kier alpha value is -4.43. The number of nitrogens with one attached hydrogen (secondary N) is 1. The predicted molar refractivity (Wildman–Crippen MR) is 119 cm³/mol. The van der Waals surface area contributed by atoms with Crippen molar-refractivity contribution < 1.29 is 28.3 Å². The molecule has 3 aromatic heterocycles. The molecule has 1 aliphatic rings. The second kappa shape index (κ2) is 8.41. The number of nitrogens with two attached hydrogens (primary N) is 1. The minimum atomic E-state index is -1.93. The zero-order valence-corrected chi connectivity index (χ0v) is 18.3. The molecule has 0 radical (unpaired) electrons. The van der Waals surface area contributed by atoms with Gasteiger partial charge in [-0.25, -0.2) is 9.07 Å². The highest BCUT2D eigenvalue weighted by molar-refractivity contribution is 6.06. The largest absolute Gasteiger partial charge is 0.380 e. The molecular weight excluding hydrogens is 463 g/mol. The Bertz CT molecular complexity index is 1420. The number of anilines is 3. The standard InChI is InChI=1S/C21H19FN8O5/c1-21(17(31)19(32)26-11-8-13(22)16-14(9-11)35-28-18(16)23)20(33)29(6-7-34-21)15-3-5-30(27-15)12-2-4-24-25-10-12/h2-5,8-10,17,31H,6-7H2,1H3,(H2,23,28)(H,26,32). The molecule has 4 heterocycles. The molecular formula is C21H19FN8O5. The lowest BCUT2D eigenvalue weighted by atomic mass is 9.94. The number of amides is 2. The number of nitrogens with zero attached hydrogens (tertiary/aromatic N) is 6. The number of aliphatic hydroxyl groups excluding tert-OH is 1. The molecule has 13 nitrogen and oxygen atoms in total. The molecule has 0 spiro atoms. The van der Waals surface area contributed by atoms with E-state index in [1.165, 1.54) is 35.0 Å². The topological polar surface area (TPSA) is 175 Å². The number of halogens is 1. The Labute approximate surface area is 196 Å². The number of aromatic nitrogens is 5. The highest BCUT2D eigenvalue weighted by atomic mass is 19.1. The highest BCUT2D eigenvalue weighted by Crippen LogP contribution is 2.30. The molecule has 4 aromatic rings. The summed E-state index contributed by atoms with van der Waals surface area (Å²) in [6.45, 7) is 1.49. The van der Waals surface area contributed by atoms with Crippen LogP contribution < -0.4 is 16.0 Å². The maximum atomic E-state index is 14.4. The van der Waals surface area contributed by atoms with Gasteiger partial charge in [0.05, 0.1) is 31.2 Å². The summed E-state index contributed by atoms with van der Waals surface area (Å²) >= 11 is 0. The van der Waals surface area contributed by atoms with E-state index < -0.39 is 29.3 Å². The molecule has 1 saturated heterocycles. The fraction of sp³-hybridized carbons (Fsp3) is 0.238. The summed E-state index contributed by atoms with van der Waals surface area (Å²) in [6.07, 6.45) is 2.71. The van der Waals surface area contributed by atoms with Crippen molar-refractivity contribution in [2.45, 2.75) is 18.6 Å². The Morgan fingerprint density at radius 3 is 2.94 bits per heavy atom. The number of benzene rings is 1. The van der Waals surface area contributed by atoms with Crippen molar-refractivity contribution in [1.82, 2.24) is 25.1 Å². The first kappa shape index (κ1) is 22.4. The maximum Gasteiger partial charge on any atom is 0.263 e. The number of carbonyl (C=O) groups is 2. The number of morpholine rings is 1. The van der Waals surface area contributed by atoms with Crippen molar-refractivity contribution in [3.63, 3.8) is 0 Å². The number of carbonyl (C=O) groups excluding carboxylic acids is 2. The van der Waals surface area contributed by atoms with E-state index in [2.05, 4.69) is 25.8 Å². The average molecular weight is 482 g/mol. The molecule has 1 fully saturated rings. The molecule has 1 aliphatic heterocycles. The Morgan fingerprint density at radius 1 is 1.34 bits per heavy atom. The van der Waals surface area contributed by atoms with E-state index >= 15 is 0 Å². The van der Waals surface area contributed by atoms with E-state index in [0.29, 0.717) is 11.5 Å². The summed E-state index contributed by atoms with van der Waals surface area (Å²) in [5.74, 6) is -2.26. The number of nitrogen functional groups attached to an aromatic ring is 1. The van der Waals surface area contributed by atoms with Gasteiger partial charge in [-0.15, -0.1) is 5.10 Å². The van der Waals surface area contributed by atoms with Gasteiger partial charge in [-0.1, -0.05) is 5.16 Å². The van der Waals surface area contributed by atoms with Crippen molar-refractivity contribution in [2.75, 3.05) is 29.1 Å². The van der Waals surface area contributed by atoms with Crippen molar-refractivity contribution in [2.24, 2.45) is 0 Å². The molecule has 14 heteroatoms. The van der Waals surface area contributed by atoms with Gasteiger partial charge in [0.2, 0.25) is 0 Å². The summed E-state index contributed by atoms with van der Waals surface area (Å²) in [7, 11) is 0. The van der Waals surface area contributed by atoms with Crippen LogP contribution in [-0.2, 0) is 14.3 Å². The van der Waals surface area contributed by atoms with Gasteiger partial charge in [0, 0.05) is 24.0 Å². The van der Waals surface area contributed by atoms with Crippen LogP contribution in [0.4, 0.5) is 21.7 Å². The minimum Gasteiger partial charge on any atom is -0.380 e. The van der Waals surface area contributed by atoms with Gasteiger partial charge >= 0.3 is 0 Å². The molecule has 1 aromatic carbocycles. The highest BCUT2D eigenvalue weighted by Gasteiger charge is 2.51. The SMILES string of the molecule is CC1(C(O)C(=O)Nc2cc(F)c3c(N)noc3c2)OCCN(c2ccn(-c3ccnnc3)n2)C1=O. The van der Waals surface area contributed by atoms with E-state index in [0.717, 1.165) is 6.07 Å². The van der Waals surface area contributed by atoms with Crippen LogP contribution in [0.25, 0.3) is 16.7 Å². The van der Waals surface area contributed by atoms with E-state index in [1.54, 1.807) is 18.3 Å². The minimum absolute atomic E-state index is 0.00894. The lowest BCUT2D eigenvalue weighted by Gasteiger charge is -2.40. The lowest BCUT2D eigenvalue weighted by molar-refractivity contribution is -0.170. The first-order chi connectivity index (χ1) is 16.8. The number of hydrogen-bond acceptors (Lipinski definition) is 10. The number of ether oxygens (including phenoxy) is 1. The zero-order chi connectivity index (χ0) is 24.7. The normalized spacial score (nSPS) is 19.2. The third-order valence-electron chi connectivity index (χ3n) is 5.66. The van der Waals surface area contributed by atoms with E-state index in [4.69, 9.17) is 15.0 Å².